The maximum Gasteiger partial charge on any atom is 0.234 e. The van der Waals surface area contributed by atoms with Crippen LogP contribution in [-0.2, 0) is 9.59 Å². The first-order chi connectivity index (χ1) is 13.7. The first kappa shape index (κ1) is 20.3. The lowest BCUT2D eigenvalue weighted by atomic mass is 10.0. The van der Waals surface area contributed by atoms with Crippen molar-refractivity contribution in [3.63, 3.8) is 0 Å². The van der Waals surface area contributed by atoms with Crippen LogP contribution < -0.4 is 10.6 Å². The summed E-state index contributed by atoms with van der Waals surface area (Å²) in [4.78, 5) is 23.9. The van der Waals surface area contributed by atoms with Gasteiger partial charge in [0.25, 0.3) is 0 Å². The topological polar surface area (TPSA) is 84.0 Å². The van der Waals surface area contributed by atoms with Crippen LogP contribution in [0.3, 0.4) is 0 Å². The Hall–Kier alpha value is -2.42. The highest BCUT2D eigenvalue weighted by molar-refractivity contribution is 8.01. The number of alkyl halides is 1. The average Bonchev–Trinajstić information content (AvgIpc) is 3.15. The first-order valence-corrected chi connectivity index (χ1v) is 10.8. The van der Waals surface area contributed by atoms with Crippen molar-refractivity contribution in [3.05, 3.63) is 54.6 Å². The third-order valence-electron chi connectivity index (χ3n) is 3.59. The van der Waals surface area contributed by atoms with E-state index in [0.717, 1.165) is 16.8 Å². The Morgan fingerprint density at radius 1 is 0.964 bits per heavy atom. The summed E-state index contributed by atoms with van der Waals surface area (Å²) in [5.74, 6) is 0.0822. The maximum absolute atomic E-state index is 12.4. The third kappa shape index (κ3) is 5.79. The van der Waals surface area contributed by atoms with Crippen LogP contribution in [0.5, 0.6) is 0 Å². The van der Waals surface area contributed by atoms with Crippen molar-refractivity contribution in [1.29, 1.82) is 0 Å². The Morgan fingerprint density at radius 3 is 2.50 bits per heavy atom. The zero-order chi connectivity index (χ0) is 19.8. The van der Waals surface area contributed by atoms with E-state index in [1.165, 1.54) is 23.1 Å². The Kier molecular flexibility index (Phi) is 7.41. The molecule has 0 aliphatic rings. The minimum absolute atomic E-state index is 0.142. The summed E-state index contributed by atoms with van der Waals surface area (Å²) in [7, 11) is 0. The summed E-state index contributed by atoms with van der Waals surface area (Å²) in [6, 6.07) is 17.5. The predicted octanol–water partition coefficient (Wildman–Crippen LogP) is 4.50. The SMILES string of the molecule is O=C(CCCl)Nc1nnc(SCC(=O)Nc2ccccc2-c2ccccc2)s1. The zero-order valence-electron chi connectivity index (χ0n) is 14.7. The summed E-state index contributed by atoms with van der Waals surface area (Å²) in [6.45, 7) is 0. The zero-order valence-corrected chi connectivity index (χ0v) is 17.1. The standard InChI is InChI=1S/C19H17ClN4O2S2/c20-11-10-16(25)22-18-23-24-19(28-18)27-12-17(26)21-15-9-5-4-8-14(15)13-6-2-1-3-7-13/h1-9H,10-12H2,(H,21,26)(H,22,23,25). The van der Waals surface area contributed by atoms with E-state index in [1.54, 1.807) is 0 Å². The van der Waals surface area contributed by atoms with Crippen molar-refractivity contribution >= 4 is 57.3 Å². The molecule has 1 aromatic heterocycles. The number of nitrogens with one attached hydrogen (secondary N) is 2. The van der Waals surface area contributed by atoms with Gasteiger partial charge >= 0.3 is 0 Å². The van der Waals surface area contributed by atoms with Crippen molar-refractivity contribution < 1.29 is 9.59 Å². The second kappa shape index (κ2) is 10.2. The lowest BCUT2D eigenvalue weighted by Crippen LogP contribution is -2.14. The monoisotopic (exact) mass is 432 g/mol. The Labute approximate surface area is 175 Å². The molecule has 0 bridgehead atoms. The van der Waals surface area contributed by atoms with Crippen molar-refractivity contribution in [1.82, 2.24) is 10.2 Å². The number of aromatic nitrogens is 2. The number of amides is 2. The highest BCUT2D eigenvalue weighted by Crippen LogP contribution is 2.29. The lowest BCUT2D eigenvalue weighted by molar-refractivity contribution is -0.116. The van der Waals surface area contributed by atoms with Crippen LogP contribution in [0.2, 0.25) is 0 Å². The summed E-state index contributed by atoms with van der Waals surface area (Å²) in [5.41, 5.74) is 2.75. The van der Waals surface area contributed by atoms with Crippen LogP contribution in [0, 0.1) is 0 Å². The van der Waals surface area contributed by atoms with E-state index in [9.17, 15) is 9.59 Å². The molecule has 0 fully saturated rings. The van der Waals surface area contributed by atoms with Crippen molar-refractivity contribution in [2.45, 2.75) is 10.8 Å². The van der Waals surface area contributed by atoms with Gasteiger partial charge in [0.2, 0.25) is 16.9 Å². The number of benzene rings is 2. The quantitative estimate of drug-likeness (QED) is 0.311. The van der Waals surface area contributed by atoms with Crippen LogP contribution in [0.15, 0.2) is 58.9 Å². The normalized spacial score (nSPS) is 10.5. The first-order valence-electron chi connectivity index (χ1n) is 8.42. The number of halogens is 1. The van der Waals surface area contributed by atoms with E-state index >= 15 is 0 Å². The molecule has 28 heavy (non-hydrogen) atoms. The van der Waals surface area contributed by atoms with Crippen LogP contribution in [0.4, 0.5) is 10.8 Å². The van der Waals surface area contributed by atoms with Gasteiger partial charge in [0.05, 0.1) is 5.75 Å². The summed E-state index contributed by atoms with van der Waals surface area (Å²) in [6.07, 6.45) is 0.215. The van der Waals surface area contributed by atoms with E-state index in [1.807, 2.05) is 54.6 Å². The van der Waals surface area contributed by atoms with Crippen molar-refractivity contribution in [2.24, 2.45) is 0 Å². The van der Waals surface area contributed by atoms with Gasteiger partial charge in [-0.1, -0.05) is 71.6 Å². The predicted molar refractivity (Wildman–Crippen MR) is 115 cm³/mol. The molecule has 2 aromatic carbocycles. The van der Waals surface area contributed by atoms with Gasteiger partial charge < -0.3 is 10.6 Å². The van der Waals surface area contributed by atoms with Crippen LogP contribution in [0.25, 0.3) is 11.1 Å². The maximum atomic E-state index is 12.4. The number of carbonyl (C=O) groups excluding carboxylic acids is 2. The molecular formula is C19H17ClN4O2S2. The average molecular weight is 433 g/mol. The second-order valence-corrected chi connectivity index (χ2v) is 8.19. The molecule has 0 unspecified atom stereocenters. The fourth-order valence-electron chi connectivity index (χ4n) is 2.36. The van der Waals surface area contributed by atoms with E-state index in [-0.39, 0.29) is 29.9 Å². The minimum Gasteiger partial charge on any atom is -0.325 e. The van der Waals surface area contributed by atoms with Crippen LogP contribution in [-0.4, -0.2) is 33.6 Å². The molecule has 3 rings (SSSR count). The number of hydrogen-bond donors (Lipinski definition) is 2. The number of thioether (sulfide) groups is 1. The number of hydrogen-bond acceptors (Lipinski definition) is 6. The molecule has 2 N–H and O–H groups in total. The Balaban J connectivity index is 1.57. The molecule has 144 valence electrons. The molecule has 1 heterocycles. The van der Waals surface area contributed by atoms with E-state index in [2.05, 4.69) is 20.8 Å². The molecule has 0 atom stereocenters. The molecule has 0 spiro atoms. The molecule has 0 aliphatic heterocycles. The van der Waals surface area contributed by atoms with Gasteiger partial charge in [0, 0.05) is 23.6 Å². The number of carbonyl (C=O) groups is 2. The molecule has 9 heteroatoms. The van der Waals surface area contributed by atoms with E-state index in [0.29, 0.717) is 9.47 Å². The molecule has 0 saturated heterocycles. The van der Waals surface area contributed by atoms with Gasteiger partial charge in [-0.05, 0) is 11.6 Å². The number of nitrogens with zero attached hydrogens (tertiary/aromatic N) is 2. The summed E-state index contributed by atoms with van der Waals surface area (Å²) < 4.78 is 0.604. The Morgan fingerprint density at radius 2 is 1.71 bits per heavy atom. The summed E-state index contributed by atoms with van der Waals surface area (Å²) in [5, 5.41) is 13.8. The number of anilines is 2. The smallest absolute Gasteiger partial charge is 0.234 e. The molecule has 0 saturated carbocycles. The van der Waals surface area contributed by atoms with Crippen LogP contribution >= 0.6 is 34.7 Å². The molecule has 0 radical (unpaired) electrons. The van der Waals surface area contributed by atoms with Gasteiger partial charge in [-0.3, -0.25) is 9.59 Å². The lowest BCUT2D eigenvalue weighted by Gasteiger charge is -2.10. The molecule has 3 aromatic rings. The highest BCUT2D eigenvalue weighted by Gasteiger charge is 2.12. The number of rotatable bonds is 8. The van der Waals surface area contributed by atoms with Gasteiger partial charge in [-0.2, -0.15) is 0 Å². The summed E-state index contributed by atoms with van der Waals surface area (Å²) >= 11 is 8.01. The second-order valence-electron chi connectivity index (χ2n) is 5.61. The number of para-hydroxylation sites is 1. The fraction of sp³-hybridized carbons (Fsp3) is 0.158. The van der Waals surface area contributed by atoms with Crippen molar-refractivity contribution in [2.75, 3.05) is 22.3 Å². The Bertz CT molecular complexity index is 950. The molecular weight excluding hydrogens is 416 g/mol. The van der Waals surface area contributed by atoms with Gasteiger partial charge in [-0.15, -0.1) is 21.8 Å². The molecule has 0 aliphatic carbocycles. The third-order valence-corrected chi connectivity index (χ3v) is 5.75. The highest BCUT2D eigenvalue weighted by atomic mass is 35.5. The fourth-order valence-corrected chi connectivity index (χ4v) is 4.10. The molecule has 2 amide bonds. The van der Waals surface area contributed by atoms with Crippen molar-refractivity contribution in [3.8, 4) is 11.1 Å². The van der Waals surface area contributed by atoms with Crippen LogP contribution in [0.1, 0.15) is 6.42 Å². The van der Waals surface area contributed by atoms with Gasteiger partial charge in [-0.25, -0.2) is 0 Å². The van der Waals surface area contributed by atoms with E-state index in [4.69, 9.17) is 11.6 Å². The largest absolute Gasteiger partial charge is 0.325 e. The van der Waals surface area contributed by atoms with Gasteiger partial charge in [0.15, 0.2) is 4.34 Å². The minimum atomic E-state index is -0.210. The molecule has 6 nitrogen and oxygen atoms in total. The van der Waals surface area contributed by atoms with Gasteiger partial charge in [0.1, 0.15) is 0 Å². The van der Waals surface area contributed by atoms with E-state index < -0.39 is 0 Å².